The van der Waals surface area contributed by atoms with E-state index in [1.807, 2.05) is 0 Å². The van der Waals surface area contributed by atoms with Crippen LogP contribution in [0.3, 0.4) is 0 Å². The molecule has 1 saturated carbocycles. The molecule has 2 rings (SSSR count). The Morgan fingerprint density at radius 2 is 2.12 bits per heavy atom. The lowest BCUT2D eigenvalue weighted by molar-refractivity contribution is -0.123. The Labute approximate surface area is 105 Å². The van der Waals surface area contributed by atoms with Gasteiger partial charge in [-0.15, -0.1) is 0 Å². The molecule has 0 aromatic carbocycles. The number of ether oxygens (including phenoxy) is 1. The molecule has 1 aliphatic carbocycles. The molecule has 2 unspecified atom stereocenters. The summed E-state index contributed by atoms with van der Waals surface area (Å²) in [6, 6.07) is 0. The smallest absolute Gasteiger partial charge is 0.137 e. The van der Waals surface area contributed by atoms with Gasteiger partial charge in [-0.1, -0.05) is 12.8 Å². The molecular formula is C14H25NO2. The molecule has 0 bridgehead atoms. The van der Waals surface area contributed by atoms with Gasteiger partial charge in [0.25, 0.3) is 0 Å². The Kier molecular flexibility index (Phi) is 4.99. The van der Waals surface area contributed by atoms with Crippen molar-refractivity contribution >= 4 is 5.78 Å². The summed E-state index contributed by atoms with van der Waals surface area (Å²) in [6.07, 6.45) is 8.26. The molecule has 1 aliphatic heterocycles. The average Bonchev–Trinajstić information content (AvgIpc) is 2.55. The summed E-state index contributed by atoms with van der Waals surface area (Å²) in [5.74, 6) is 0.801. The molecule has 0 radical (unpaired) electrons. The van der Waals surface area contributed by atoms with E-state index in [1.54, 1.807) is 7.11 Å². The van der Waals surface area contributed by atoms with Crippen LogP contribution in [0.15, 0.2) is 0 Å². The van der Waals surface area contributed by atoms with Crippen molar-refractivity contribution in [2.75, 3.05) is 26.7 Å². The number of likely N-dealkylation sites (tertiary alicyclic amines) is 1. The number of rotatable bonds is 3. The van der Waals surface area contributed by atoms with Gasteiger partial charge in [0.2, 0.25) is 0 Å². The number of methoxy groups -OCH3 is 1. The molecule has 2 aliphatic rings. The molecule has 3 heteroatoms. The first kappa shape index (κ1) is 13.0. The summed E-state index contributed by atoms with van der Waals surface area (Å²) in [7, 11) is 1.80. The molecule has 2 fully saturated rings. The summed E-state index contributed by atoms with van der Waals surface area (Å²) >= 11 is 0. The number of Topliss-reactive ketones (excluding diaryl/α,β-unsaturated/α-hetero) is 1. The van der Waals surface area contributed by atoms with E-state index in [1.165, 1.54) is 25.7 Å². The van der Waals surface area contributed by atoms with Gasteiger partial charge < -0.3 is 9.64 Å². The highest BCUT2D eigenvalue weighted by Gasteiger charge is 2.26. The molecular weight excluding hydrogens is 214 g/mol. The maximum absolute atomic E-state index is 12.0. The van der Waals surface area contributed by atoms with E-state index in [0.717, 1.165) is 38.9 Å². The number of piperidine rings is 1. The molecule has 2 atom stereocenters. The van der Waals surface area contributed by atoms with Crippen LogP contribution in [0.1, 0.15) is 44.9 Å². The normalized spacial score (nSPS) is 32.4. The molecule has 3 nitrogen and oxygen atoms in total. The lowest BCUT2D eigenvalue weighted by Gasteiger charge is -2.33. The summed E-state index contributed by atoms with van der Waals surface area (Å²) in [5.41, 5.74) is 0. The lowest BCUT2D eigenvalue weighted by atomic mass is 9.97. The largest absolute Gasteiger partial charge is 0.380 e. The number of ketones is 1. The molecule has 0 amide bonds. The number of carbonyl (C=O) groups excluding carboxylic acids is 1. The quantitative estimate of drug-likeness (QED) is 0.707. The molecule has 0 N–H and O–H groups in total. The average molecular weight is 239 g/mol. The van der Waals surface area contributed by atoms with Crippen LogP contribution in [0.5, 0.6) is 0 Å². The van der Waals surface area contributed by atoms with Crippen LogP contribution in [0.4, 0.5) is 0 Å². The van der Waals surface area contributed by atoms with Crippen molar-refractivity contribution in [2.45, 2.75) is 51.0 Å². The molecule has 0 spiro atoms. The minimum atomic E-state index is 0.299. The molecule has 17 heavy (non-hydrogen) atoms. The first-order valence-corrected chi connectivity index (χ1v) is 7.07. The number of hydrogen-bond donors (Lipinski definition) is 0. The zero-order valence-electron chi connectivity index (χ0n) is 11.0. The van der Waals surface area contributed by atoms with Crippen LogP contribution in [-0.4, -0.2) is 43.5 Å². The highest BCUT2D eigenvalue weighted by molar-refractivity contribution is 5.81. The van der Waals surface area contributed by atoms with Crippen molar-refractivity contribution in [3.05, 3.63) is 0 Å². The van der Waals surface area contributed by atoms with Crippen LogP contribution in [0, 0.1) is 5.92 Å². The van der Waals surface area contributed by atoms with E-state index in [-0.39, 0.29) is 0 Å². The van der Waals surface area contributed by atoms with Gasteiger partial charge in [0.05, 0.1) is 6.10 Å². The third-order valence-electron chi connectivity index (χ3n) is 4.21. The van der Waals surface area contributed by atoms with Gasteiger partial charge in [0.15, 0.2) is 0 Å². The first-order valence-electron chi connectivity index (χ1n) is 7.07. The van der Waals surface area contributed by atoms with Gasteiger partial charge in [-0.05, 0) is 32.2 Å². The van der Waals surface area contributed by atoms with Gasteiger partial charge in [-0.3, -0.25) is 4.79 Å². The van der Waals surface area contributed by atoms with Crippen molar-refractivity contribution in [3.63, 3.8) is 0 Å². The van der Waals surface area contributed by atoms with Gasteiger partial charge in [0.1, 0.15) is 5.78 Å². The van der Waals surface area contributed by atoms with E-state index in [0.29, 0.717) is 17.8 Å². The van der Waals surface area contributed by atoms with Gasteiger partial charge >= 0.3 is 0 Å². The zero-order chi connectivity index (χ0) is 12.1. The van der Waals surface area contributed by atoms with Crippen LogP contribution in [0.25, 0.3) is 0 Å². The fourth-order valence-electron chi connectivity index (χ4n) is 3.11. The second kappa shape index (κ2) is 6.50. The standard InChI is InChI=1S/C14H25NO2/c1-17-13-7-5-9-15(11-13)10-12-6-3-2-4-8-14(12)16/h12-13H,2-11H2,1H3. The second-order valence-electron chi connectivity index (χ2n) is 5.52. The second-order valence-corrected chi connectivity index (χ2v) is 5.52. The topological polar surface area (TPSA) is 29.5 Å². The third kappa shape index (κ3) is 3.78. The molecule has 0 aromatic rings. The fraction of sp³-hybridized carbons (Fsp3) is 0.929. The van der Waals surface area contributed by atoms with Crippen molar-refractivity contribution < 1.29 is 9.53 Å². The highest BCUT2D eigenvalue weighted by Crippen LogP contribution is 2.22. The van der Waals surface area contributed by atoms with E-state index in [4.69, 9.17) is 4.74 Å². The first-order chi connectivity index (χ1) is 8.29. The SMILES string of the molecule is COC1CCCN(CC2CCCCCC2=O)C1. The Bertz CT molecular complexity index is 255. The highest BCUT2D eigenvalue weighted by atomic mass is 16.5. The maximum Gasteiger partial charge on any atom is 0.137 e. The van der Waals surface area contributed by atoms with E-state index >= 15 is 0 Å². The van der Waals surface area contributed by atoms with E-state index in [9.17, 15) is 4.79 Å². The fourth-order valence-corrected chi connectivity index (χ4v) is 3.11. The zero-order valence-corrected chi connectivity index (χ0v) is 11.0. The predicted molar refractivity (Wildman–Crippen MR) is 68.1 cm³/mol. The van der Waals surface area contributed by atoms with Crippen molar-refractivity contribution in [3.8, 4) is 0 Å². The van der Waals surface area contributed by atoms with Crippen LogP contribution < -0.4 is 0 Å². The van der Waals surface area contributed by atoms with Crippen LogP contribution in [0.2, 0.25) is 0 Å². The van der Waals surface area contributed by atoms with Gasteiger partial charge in [-0.2, -0.15) is 0 Å². The third-order valence-corrected chi connectivity index (χ3v) is 4.21. The van der Waals surface area contributed by atoms with E-state index in [2.05, 4.69) is 4.90 Å². The van der Waals surface area contributed by atoms with Crippen LogP contribution >= 0.6 is 0 Å². The Balaban J connectivity index is 1.83. The van der Waals surface area contributed by atoms with Gasteiger partial charge in [-0.25, -0.2) is 0 Å². The summed E-state index contributed by atoms with van der Waals surface area (Å²) < 4.78 is 5.44. The molecule has 98 valence electrons. The van der Waals surface area contributed by atoms with E-state index < -0.39 is 0 Å². The van der Waals surface area contributed by atoms with Crippen molar-refractivity contribution in [1.82, 2.24) is 4.90 Å². The lowest BCUT2D eigenvalue weighted by Crippen LogP contribution is -2.42. The number of carbonyl (C=O) groups is 1. The summed E-state index contributed by atoms with van der Waals surface area (Å²) in [6.45, 7) is 3.13. The molecule has 0 aromatic heterocycles. The molecule has 1 heterocycles. The summed E-state index contributed by atoms with van der Waals surface area (Å²) in [4.78, 5) is 14.4. The molecule has 1 saturated heterocycles. The Hall–Kier alpha value is -0.410. The number of nitrogens with zero attached hydrogens (tertiary/aromatic N) is 1. The Morgan fingerprint density at radius 1 is 1.24 bits per heavy atom. The predicted octanol–water partition coefficient (Wildman–Crippen LogP) is 2.25. The van der Waals surface area contributed by atoms with Crippen molar-refractivity contribution in [2.24, 2.45) is 5.92 Å². The Morgan fingerprint density at radius 3 is 2.94 bits per heavy atom. The number of hydrogen-bond acceptors (Lipinski definition) is 3. The minimum absolute atomic E-state index is 0.299. The van der Waals surface area contributed by atoms with Crippen molar-refractivity contribution in [1.29, 1.82) is 0 Å². The maximum atomic E-state index is 12.0. The minimum Gasteiger partial charge on any atom is -0.380 e. The van der Waals surface area contributed by atoms with Gasteiger partial charge in [0, 0.05) is 32.5 Å². The monoisotopic (exact) mass is 239 g/mol. The van der Waals surface area contributed by atoms with Crippen LogP contribution in [-0.2, 0) is 9.53 Å². The summed E-state index contributed by atoms with van der Waals surface area (Å²) in [5, 5.41) is 0.